The fourth-order valence-corrected chi connectivity index (χ4v) is 3.14. The largest absolute Gasteiger partial charge is 0.394 e. The van der Waals surface area contributed by atoms with Crippen LogP contribution in [-0.2, 0) is 4.74 Å². The molecule has 0 amide bonds. The summed E-state index contributed by atoms with van der Waals surface area (Å²) in [5.74, 6) is 1.73. The van der Waals surface area contributed by atoms with E-state index in [1.807, 2.05) is 11.8 Å². The zero-order valence-corrected chi connectivity index (χ0v) is 9.51. The Morgan fingerprint density at radius 1 is 1.38 bits per heavy atom. The first kappa shape index (κ1) is 11.3. The monoisotopic (exact) mass is 204 g/mol. The van der Waals surface area contributed by atoms with Crippen LogP contribution in [-0.4, -0.2) is 34.9 Å². The second-order valence-electron chi connectivity index (χ2n) is 3.76. The molecule has 3 heteroatoms. The van der Waals surface area contributed by atoms with Crippen molar-refractivity contribution in [3.63, 3.8) is 0 Å². The molecule has 0 aliphatic carbocycles. The van der Waals surface area contributed by atoms with Gasteiger partial charge < -0.3 is 9.84 Å². The lowest BCUT2D eigenvalue weighted by atomic mass is 10.0. The van der Waals surface area contributed by atoms with E-state index in [-0.39, 0.29) is 12.7 Å². The molecular weight excluding hydrogens is 184 g/mol. The number of rotatable bonds is 4. The van der Waals surface area contributed by atoms with Crippen LogP contribution in [0.25, 0.3) is 0 Å². The van der Waals surface area contributed by atoms with Crippen LogP contribution < -0.4 is 0 Å². The van der Waals surface area contributed by atoms with Crippen molar-refractivity contribution >= 4 is 11.8 Å². The molecule has 0 aromatic rings. The Labute approximate surface area is 85.0 Å². The highest BCUT2D eigenvalue weighted by Crippen LogP contribution is 2.35. The maximum absolute atomic E-state index is 9.13. The van der Waals surface area contributed by atoms with E-state index < -0.39 is 0 Å². The van der Waals surface area contributed by atoms with Gasteiger partial charge in [0.05, 0.1) is 18.8 Å². The normalized spacial score (nSPS) is 39.7. The fourth-order valence-electron chi connectivity index (χ4n) is 1.74. The Balaban J connectivity index is 2.47. The minimum Gasteiger partial charge on any atom is -0.394 e. The van der Waals surface area contributed by atoms with E-state index in [9.17, 15) is 0 Å². The summed E-state index contributed by atoms with van der Waals surface area (Å²) in [6.07, 6.45) is 1.55. The standard InChI is InChI=1S/C10H20O2S/c1-4-5-13-10-7(2)8(3)12-9(10)6-11/h7-11H,4-6H2,1-3H3. The average molecular weight is 204 g/mol. The molecule has 0 aromatic heterocycles. The predicted octanol–water partition coefficient (Wildman–Crippen LogP) is 1.91. The predicted molar refractivity (Wildman–Crippen MR) is 57.1 cm³/mol. The summed E-state index contributed by atoms with van der Waals surface area (Å²) >= 11 is 1.94. The van der Waals surface area contributed by atoms with Crippen LogP contribution in [0.4, 0.5) is 0 Å². The minimum atomic E-state index is 0.0570. The molecule has 13 heavy (non-hydrogen) atoms. The van der Waals surface area contributed by atoms with Crippen LogP contribution >= 0.6 is 11.8 Å². The van der Waals surface area contributed by atoms with E-state index in [4.69, 9.17) is 9.84 Å². The topological polar surface area (TPSA) is 29.5 Å². The fraction of sp³-hybridized carbons (Fsp3) is 1.00. The highest BCUT2D eigenvalue weighted by molar-refractivity contribution is 7.99. The molecule has 78 valence electrons. The summed E-state index contributed by atoms with van der Waals surface area (Å²) in [7, 11) is 0. The van der Waals surface area contributed by atoms with Gasteiger partial charge in [-0.15, -0.1) is 0 Å². The third-order valence-electron chi connectivity index (χ3n) is 2.71. The van der Waals surface area contributed by atoms with Crippen molar-refractivity contribution in [2.75, 3.05) is 12.4 Å². The van der Waals surface area contributed by atoms with Gasteiger partial charge in [-0.3, -0.25) is 0 Å². The van der Waals surface area contributed by atoms with Crippen LogP contribution in [0.1, 0.15) is 27.2 Å². The highest BCUT2D eigenvalue weighted by Gasteiger charge is 2.38. The Hall–Kier alpha value is 0.270. The van der Waals surface area contributed by atoms with Gasteiger partial charge in [0.25, 0.3) is 0 Å². The summed E-state index contributed by atoms with van der Waals surface area (Å²) in [6, 6.07) is 0. The third-order valence-corrected chi connectivity index (χ3v) is 4.47. The van der Waals surface area contributed by atoms with E-state index in [0.29, 0.717) is 17.3 Å². The summed E-state index contributed by atoms with van der Waals surface area (Å²) in [5, 5.41) is 9.62. The van der Waals surface area contributed by atoms with Gasteiger partial charge in [-0.1, -0.05) is 13.8 Å². The molecule has 4 unspecified atom stereocenters. The number of hydrogen-bond acceptors (Lipinski definition) is 3. The number of thioether (sulfide) groups is 1. The smallest absolute Gasteiger partial charge is 0.0931 e. The Morgan fingerprint density at radius 3 is 2.62 bits per heavy atom. The Bertz CT molecular complexity index is 152. The molecule has 1 aliphatic heterocycles. The van der Waals surface area contributed by atoms with E-state index in [2.05, 4.69) is 20.8 Å². The molecule has 1 aliphatic rings. The third kappa shape index (κ3) is 2.61. The van der Waals surface area contributed by atoms with Crippen LogP contribution in [0.3, 0.4) is 0 Å². The number of aliphatic hydroxyl groups excluding tert-OH is 1. The van der Waals surface area contributed by atoms with Gasteiger partial charge in [0.1, 0.15) is 0 Å². The SMILES string of the molecule is CCCSC1C(CO)OC(C)C1C. The Morgan fingerprint density at radius 2 is 2.08 bits per heavy atom. The zero-order chi connectivity index (χ0) is 9.84. The van der Waals surface area contributed by atoms with Crippen LogP contribution in [0.5, 0.6) is 0 Å². The van der Waals surface area contributed by atoms with Gasteiger partial charge in [-0.05, 0) is 25.0 Å². The van der Waals surface area contributed by atoms with Gasteiger partial charge in [0.15, 0.2) is 0 Å². The summed E-state index contributed by atoms with van der Waals surface area (Å²) in [6.45, 7) is 6.66. The summed E-state index contributed by atoms with van der Waals surface area (Å²) in [5.41, 5.74) is 0. The molecule has 1 fully saturated rings. The van der Waals surface area contributed by atoms with Crippen LogP contribution in [0.2, 0.25) is 0 Å². The van der Waals surface area contributed by atoms with E-state index in [1.54, 1.807) is 0 Å². The minimum absolute atomic E-state index is 0.0570. The van der Waals surface area contributed by atoms with E-state index in [0.717, 1.165) is 0 Å². The molecule has 1 heterocycles. The molecule has 1 rings (SSSR count). The van der Waals surface area contributed by atoms with E-state index in [1.165, 1.54) is 12.2 Å². The molecule has 4 atom stereocenters. The molecule has 1 saturated heterocycles. The quantitative estimate of drug-likeness (QED) is 0.758. The van der Waals surface area contributed by atoms with Crippen molar-refractivity contribution in [1.29, 1.82) is 0 Å². The highest BCUT2D eigenvalue weighted by atomic mass is 32.2. The lowest BCUT2D eigenvalue weighted by molar-refractivity contribution is 0.0160. The van der Waals surface area contributed by atoms with Crippen LogP contribution in [0, 0.1) is 5.92 Å². The van der Waals surface area contributed by atoms with E-state index >= 15 is 0 Å². The molecule has 0 spiro atoms. The van der Waals surface area contributed by atoms with Crippen molar-refractivity contribution in [1.82, 2.24) is 0 Å². The van der Waals surface area contributed by atoms with Crippen LogP contribution in [0.15, 0.2) is 0 Å². The lowest BCUT2D eigenvalue weighted by Crippen LogP contribution is -2.26. The maximum atomic E-state index is 9.13. The van der Waals surface area contributed by atoms with Crippen molar-refractivity contribution in [3.8, 4) is 0 Å². The second kappa shape index (κ2) is 5.23. The van der Waals surface area contributed by atoms with Crippen molar-refractivity contribution < 1.29 is 9.84 Å². The first-order valence-electron chi connectivity index (χ1n) is 5.08. The average Bonchev–Trinajstić information content (AvgIpc) is 2.40. The van der Waals surface area contributed by atoms with Gasteiger partial charge >= 0.3 is 0 Å². The van der Waals surface area contributed by atoms with Crippen molar-refractivity contribution in [2.45, 2.75) is 44.6 Å². The van der Waals surface area contributed by atoms with Crippen molar-refractivity contribution in [3.05, 3.63) is 0 Å². The summed E-state index contributed by atoms with van der Waals surface area (Å²) in [4.78, 5) is 0. The maximum Gasteiger partial charge on any atom is 0.0931 e. The number of hydrogen-bond donors (Lipinski definition) is 1. The molecule has 0 radical (unpaired) electrons. The second-order valence-corrected chi connectivity index (χ2v) is 5.04. The molecule has 2 nitrogen and oxygen atoms in total. The zero-order valence-electron chi connectivity index (χ0n) is 8.69. The molecule has 0 aromatic carbocycles. The first-order chi connectivity index (χ1) is 6.20. The number of ether oxygens (including phenoxy) is 1. The Kier molecular flexibility index (Phi) is 4.56. The molecule has 0 bridgehead atoms. The lowest BCUT2D eigenvalue weighted by Gasteiger charge is -2.18. The van der Waals surface area contributed by atoms with Gasteiger partial charge in [0.2, 0.25) is 0 Å². The van der Waals surface area contributed by atoms with Gasteiger partial charge in [-0.2, -0.15) is 11.8 Å². The van der Waals surface area contributed by atoms with Gasteiger partial charge in [-0.25, -0.2) is 0 Å². The molecule has 1 N–H and O–H groups in total. The van der Waals surface area contributed by atoms with Crippen molar-refractivity contribution in [2.24, 2.45) is 5.92 Å². The number of aliphatic hydroxyl groups is 1. The molecule has 0 saturated carbocycles. The first-order valence-corrected chi connectivity index (χ1v) is 6.13. The summed E-state index contributed by atoms with van der Waals surface area (Å²) < 4.78 is 5.66. The van der Waals surface area contributed by atoms with Gasteiger partial charge in [0, 0.05) is 5.25 Å². The molecular formula is C10H20O2S.